The number of aromatic hydroxyl groups is 1. The fourth-order valence-electron chi connectivity index (χ4n) is 2.69. The minimum atomic E-state index is -0.0373. The third kappa shape index (κ3) is 4.67. The number of thioether (sulfide) groups is 1. The summed E-state index contributed by atoms with van der Waals surface area (Å²) >= 11 is 7.04. The number of carbonyl (C=O) groups excluding carboxylic acids is 1. The van der Waals surface area contributed by atoms with Gasteiger partial charge in [0.2, 0.25) is 5.89 Å². The molecule has 0 unspecified atom stereocenters. The average Bonchev–Trinajstić information content (AvgIpc) is 3.22. The quantitative estimate of drug-likeness (QED) is 0.315. The number of ketones is 1. The first-order valence-electron chi connectivity index (χ1n) is 8.73. The van der Waals surface area contributed by atoms with Crippen molar-refractivity contribution in [2.24, 2.45) is 0 Å². The number of hydrogen-bond donors (Lipinski definition) is 1. The van der Waals surface area contributed by atoms with Crippen LogP contribution in [0.15, 0.2) is 82.4 Å². The average molecular weight is 423 g/mol. The van der Waals surface area contributed by atoms with Crippen LogP contribution in [-0.2, 0) is 0 Å². The van der Waals surface area contributed by atoms with Crippen molar-refractivity contribution in [3.63, 3.8) is 0 Å². The summed E-state index contributed by atoms with van der Waals surface area (Å²) in [6.45, 7) is 0. The maximum absolute atomic E-state index is 12.2. The van der Waals surface area contributed by atoms with Crippen molar-refractivity contribution in [3.8, 4) is 28.3 Å². The zero-order valence-corrected chi connectivity index (χ0v) is 16.7. The van der Waals surface area contributed by atoms with Crippen molar-refractivity contribution in [2.45, 2.75) is 5.22 Å². The van der Waals surface area contributed by atoms with Gasteiger partial charge in [0.05, 0.1) is 5.75 Å². The zero-order chi connectivity index (χ0) is 20.2. The Morgan fingerprint density at radius 3 is 2.10 bits per heavy atom. The Morgan fingerprint density at radius 2 is 1.45 bits per heavy atom. The Kier molecular flexibility index (Phi) is 5.64. The van der Waals surface area contributed by atoms with Crippen LogP contribution >= 0.6 is 23.4 Å². The molecule has 0 saturated heterocycles. The van der Waals surface area contributed by atoms with E-state index in [9.17, 15) is 9.90 Å². The summed E-state index contributed by atoms with van der Waals surface area (Å²) in [7, 11) is 0. The van der Waals surface area contributed by atoms with Crippen LogP contribution in [0.3, 0.4) is 0 Å². The topological polar surface area (TPSA) is 76.2 Å². The van der Waals surface area contributed by atoms with Gasteiger partial charge in [-0.05, 0) is 59.7 Å². The van der Waals surface area contributed by atoms with Gasteiger partial charge in [-0.1, -0.05) is 47.6 Å². The third-order valence-electron chi connectivity index (χ3n) is 4.23. The van der Waals surface area contributed by atoms with Crippen molar-refractivity contribution in [1.82, 2.24) is 10.2 Å². The second kappa shape index (κ2) is 8.51. The summed E-state index contributed by atoms with van der Waals surface area (Å²) in [6.07, 6.45) is 0. The first kappa shape index (κ1) is 19.2. The van der Waals surface area contributed by atoms with Crippen molar-refractivity contribution in [1.29, 1.82) is 0 Å². The Labute approximate surface area is 176 Å². The van der Waals surface area contributed by atoms with E-state index in [0.717, 1.165) is 16.7 Å². The van der Waals surface area contributed by atoms with Crippen LogP contribution in [0.5, 0.6) is 5.75 Å². The molecule has 0 saturated carbocycles. The summed E-state index contributed by atoms with van der Waals surface area (Å²) in [5.74, 6) is 0.785. The lowest BCUT2D eigenvalue weighted by Crippen LogP contribution is -2.01. The van der Waals surface area contributed by atoms with E-state index in [1.807, 2.05) is 36.4 Å². The predicted octanol–water partition coefficient (Wildman–Crippen LogP) is 5.74. The highest BCUT2D eigenvalue weighted by molar-refractivity contribution is 7.99. The van der Waals surface area contributed by atoms with Crippen LogP contribution < -0.4 is 0 Å². The minimum Gasteiger partial charge on any atom is -0.508 e. The van der Waals surface area contributed by atoms with E-state index in [4.69, 9.17) is 16.0 Å². The van der Waals surface area contributed by atoms with Gasteiger partial charge in [0.1, 0.15) is 5.75 Å². The van der Waals surface area contributed by atoms with E-state index < -0.39 is 0 Å². The summed E-state index contributed by atoms with van der Waals surface area (Å²) in [5.41, 5.74) is 3.38. The van der Waals surface area contributed by atoms with Crippen LogP contribution in [0.4, 0.5) is 0 Å². The maximum Gasteiger partial charge on any atom is 0.277 e. The van der Waals surface area contributed by atoms with Crippen LogP contribution in [0, 0.1) is 0 Å². The molecule has 1 heterocycles. The molecule has 0 spiro atoms. The molecule has 1 aromatic heterocycles. The van der Waals surface area contributed by atoms with Crippen LogP contribution in [0.25, 0.3) is 22.6 Å². The predicted molar refractivity (Wildman–Crippen MR) is 113 cm³/mol. The zero-order valence-electron chi connectivity index (χ0n) is 15.1. The van der Waals surface area contributed by atoms with Gasteiger partial charge in [-0.15, -0.1) is 10.2 Å². The molecule has 7 heteroatoms. The van der Waals surface area contributed by atoms with E-state index in [-0.39, 0.29) is 17.3 Å². The molecule has 0 amide bonds. The monoisotopic (exact) mass is 422 g/mol. The Morgan fingerprint density at radius 1 is 0.862 bits per heavy atom. The highest BCUT2D eigenvalue weighted by Crippen LogP contribution is 2.27. The van der Waals surface area contributed by atoms with Gasteiger partial charge in [0.15, 0.2) is 5.78 Å². The SMILES string of the molecule is O=C(CSc1nnc(-c2ccc(-c3ccc(O)cc3)cc2)o1)c1ccc(Cl)cc1. The summed E-state index contributed by atoms with van der Waals surface area (Å²) < 4.78 is 5.67. The highest BCUT2D eigenvalue weighted by Gasteiger charge is 2.13. The number of phenols is 1. The number of rotatable bonds is 6. The molecule has 4 rings (SSSR count). The van der Waals surface area contributed by atoms with Crippen molar-refractivity contribution >= 4 is 29.1 Å². The Hall–Kier alpha value is -3.09. The van der Waals surface area contributed by atoms with E-state index in [1.54, 1.807) is 36.4 Å². The largest absolute Gasteiger partial charge is 0.508 e. The van der Waals surface area contributed by atoms with Gasteiger partial charge in [0.25, 0.3) is 5.22 Å². The molecule has 144 valence electrons. The Balaban J connectivity index is 1.41. The molecule has 0 aliphatic carbocycles. The lowest BCUT2D eigenvalue weighted by atomic mass is 10.0. The normalized spacial score (nSPS) is 10.8. The number of carbonyl (C=O) groups is 1. The molecule has 1 N–H and O–H groups in total. The second-order valence-electron chi connectivity index (χ2n) is 6.22. The number of benzene rings is 3. The fraction of sp³-hybridized carbons (Fsp3) is 0.0455. The summed E-state index contributed by atoms with van der Waals surface area (Å²) in [4.78, 5) is 12.2. The number of Topliss-reactive ketones (excluding diaryl/α,β-unsaturated/α-hetero) is 1. The number of nitrogens with zero attached hydrogens (tertiary/aromatic N) is 2. The lowest BCUT2D eigenvalue weighted by Gasteiger charge is -2.02. The molecular formula is C22H15ClN2O3S. The van der Waals surface area contributed by atoms with E-state index in [1.165, 1.54) is 11.8 Å². The first-order valence-corrected chi connectivity index (χ1v) is 10.1. The highest BCUT2D eigenvalue weighted by atomic mass is 35.5. The molecule has 0 atom stereocenters. The van der Waals surface area contributed by atoms with Crippen LogP contribution in [0.1, 0.15) is 10.4 Å². The third-order valence-corrected chi connectivity index (χ3v) is 5.30. The number of aromatic nitrogens is 2. The number of hydrogen-bond acceptors (Lipinski definition) is 6. The second-order valence-corrected chi connectivity index (χ2v) is 7.58. The molecule has 0 aliphatic heterocycles. The number of phenolic OH excluding ortho intramolecular Hbond substituents is 1. The number of halogens is 1. The molecule has 4 aromatic rings. The van der Waals surface area contributed by atoms with E-state index >= 15 is 0 Å². The van der Waals surface area contributed by atoms with Crippen LogP contribution in [0.2, 0.25) is 5.02 Å². The van der Waals surface area contributed by atoms with Crippen molar-refractivity contribution in [2.75, 3.05) is 5.75 Å². The summed E-state index contributed by atoms with van der Waals surface area (Å²) in [6, 6.07) is 21.4. The lowest BCUT2D eigenvalue weighted by molar-refractivity contribution is 0.102. The van der Waals surface area contributed by atoms with Gasteiger partial charge in [-0.3, -0.25) is 4.79 Å². The Bertz CT molecular complexity index is 1120. The maximum atomic E-state index is 12.2. The summed E-state index contributed by atoms with van der Waals surface area (Å²) in [5, 5.41) is 18.4. The van der Waals surface area contributed by atoms with Gasteiger partial charge >= 0.3 is 0 Å². The molecule has 3 aromatic carbocycles. The van der Waals surface area contributed by atoms with Crippen molar-refractivity contribution in [3.05, 3.63) is 83.4 Å². The van der Waals surface area contributed by atoms with Crippen molar-refractivity contribution < 1.29 is 14.3 Å². The molecule has 0 radical (unpaired) electrons. The van der Waals surface area contributed by atoms with E-state index in [2.05, 4.69) is 10.2 Å². The van der Waals surface area contributed by atoms with Gasteiger partial charge < -0.3 is 9.52 Å². The van der Waals surface area contributed by atoms with Gasteiger partial charge in [-0.25, -0.2) is 0 Å². The smallest absolute Gasteiger partial charge is 0.277 e. The minimum absolute atomic E-state index is 0.0373. The van der Waals surface area contributed by atoms with E-state index in [0.29, 0.717) is 21.7 Å². The van der Waals surface area contributed by atoms with Gasteiger partial charge in [0, 0.05) is 16.1 Å². The van der Waals surface area contributed by atoms with Crippen LogP contribution in [-0.4, -0.2) is 26.8 Å². The molecule has 0 fully saturated rings. The molecular weight excluding hydrogens is 408 g/mol. The van der Waals surface area contributed by atoms with Gasteiger partial charge in [-0.2, -0.15) is 0 Å². The molecule has 0 aliphatic rings. The molecule has 0 bridgehead atoms. The molecule has 29 heavy (non-hydrogen) atoms. The first-order chi connectivity index (χ1) is 14.1. The standard InChI is InChI=1S/C22H15ClN2O3S/c23-18-9-5-16(6-10-18)20(27)13-29-22-25-24-21(28-22)17-3-1-14(2-4-17)15-7-11-19(26)12-8-15/h1-12,26H,13H2. The molecule has 5 nitrogen and oxygen atoms in total. The fourth-order valence-corrected chi connectivity index (χ4v) is 3.47.